The molecule has 0 aliphatic carbocycles. The maximum Gasteiger partial charge on any atom is 0.222 e. The van der Waals surface area contributed by atoms with Gasteiger partial charge in [-0.15, -0.1) is 17.5 Å². The fourth-order valence-electron chi connectivity index (χ4n) is 3.84. The Hall–Kier alpha value is -1.64. The molecule has 152 valence electrons. The van der Waals surface area contributed by atoms with Gasteiger partial charge in [-0.05, 0) is 54.9 Å². The SMILES string of the molecule is Cl.O=C1CCCN1CC(CN1CCCCC1)Sc1nnnn1-c1ccccc1. The van der Waals surface area contributed by atoms with Gasteiger partial charge in [0.15, 0.2) is 0 Å². The molecule has 1 atom stereocenters. The zero-order chi connectivity index (χ0) is 18.5. The van der Waals surface area contributed by atoms with Gasteiger partial charge in [0.2, 0.25) is 11.1 Å². The summed E-state index contributed by atoms with van der Waals surface area (Å²) in [5, 5.41) is 13.4. The van der Waals surface area contributed by atoms with Crippen LogP contribution in [0.25, 0.3) is 5.69 Å². The fourth-order valence-corrected chi connectivity index (χ4v) is 5.00. The summed E-state index contributed by atoms with van der Waals surface area (Å²) in [6.45, 7) is 4.90. The van der Waals surface area contributed by atoms with Crippen molar-refractivity contribution in [3.8, 4) is 5.69 Å². The normalized spacial score (nSPS) is 18.9. The first-order valence-corrected chi connectivity index (χ1v) is 10.7. The molecule has 1 unspecified atom stereocenters. The number of amides is 1. The molecular formula is C19H27ClN6OS. The predicted octanol–water partition coefficient (Wildman–Crippen LogP) is 2.65. The lowest BCUT2D eigenvalue weighted by Crippen LogP contribution is -2.41. The van der Waals surface area contributed by atoms with E-state index in [-0.39, 0.29) is 23.6 Å². The summed E-state index contributed by atoms with van der Waals surface area (Å²) in [4.78, 5) is 16.7. The zero-order valence-corrected chi connectivity index (χ0v) is 17.6. The molecule has 7 nitrogen and oxygen atoms in total. The van der Waals surface area contributed by atoms with Crippen LogP contribution in [0.3, 0.4) is 0 Å². The lowest BCUT2D eigenvalue weighted by Gasteiger charge is -2.31. The highest BCUT2D eigenvalue weighted by Crippen LogP contribution is 2.26. The molecule has 28 heavy (non-hydrogen) atoms. The van der Waals surface area contributed by atoms with Crippen molar-refractivity contribution in [3.63, 3.8) is 0 Å². The zero-order valence-electron chi connectivity index (χ0n) is 15.9. The molecule has 2 fully saturated rings. The number of halogens is 1. The standard InChI is InChI=1S/C19H26N6OS.ClH/c26-18-10-7-13-24(18)15-17(14-23-11-5-2-6-12-23)27-19-20-21-22-25(19)16-8-3-1-4-9-16;/h1,3-4,8-9,17H,2,5-7,10-15H2;1H. The average molecular weight is 423 g/mol. The van der Waals surface area contributed by atoms with E-state index in [9.17, 15) is 4.79 Å². The van der Waals surface area contributed by atoms with Gasteiger partial charge in [0.05, 0.1) is 5.69 Å². The Morgan fingerprint density at radius 2 is 1.79 bits per heavy atom. The van der Waals surface area contributed by atoms with Crippen molar-refractivity contribution in [1.29, 1.82) is 0 Å². The van der Waals surface area contributed by atoms with Crippen molar-refractivity contribution < 1.29 is 4.79 Å². The van der Waals surface area contributed by atoms with Crippen LogP contribution in [0.1, 0.15) is 32.1 Å². The van der Waals surface area contributed by atoms with Crippen molar-refractivity contribution >= 4 is 30.1 Å². The number of tetrazole rings is 1. The van der Waals surface area contributed by atoms with E-state index in [0.717, 1.165) is 50.0 Å². The van der Waals surface area contributed by atoms with Gasteiger partial charge in [-0.2, -0.15) is 4.68 Å². The van der Waals surface area contributed by atoms with Gasteiger partial charge in [0.1, 0.15) is 0 Å². The summed E-state index contributed by atoms with van der Waals surface area (Å²) in [6, 6.07) is 9.96. The topological polar surface area (TPSA) is 67.2 Å². The number of thioether (sulfide) groups is 1. The van der Waals surface area contributed by atoms with E-state index in [2.05, 4.69) is 20.4 Å². The number of aromatic nitrogens is 4. The molecule has 0 saturated carbocycles. The smallest absolute Gasteiger partial charge is 0.222 e. The van der Waals surface area contributed by atoms with Gasteiger partial charge in [-0.3, -0.25) is 4.79 Å². The molecule has 0 radical (unpaired) electrons. The number of hydrogen-bond acceptors (Lipinski definition) is 6. The number of hydrogen-bond donors (Lipinski definition) is 0. The molecule has 2 aliphatic heterocycles. The van der Waals surface area contributed by atoms with Gasteiger partial charge in [-0.1, -0.05) is 36.4 Å². The van der Waals surface area contributed by atoms with Gasteiger partial charge in [0.25, 0.3) is 0 Å². The number of rotatable bonds is 7. The summed E-state index contributed by atoms with van der Waals surface area (Å²) in [7, 11) is 0. The fraction of sp³-hybridized carbons (Fsp3) is 0.579. The molecular weight excluding hydrogens is 396 g/mol. The molecule has 1 aromatic heterocycles. The maximum atomic E-state index is 12.2. The summed E-state index contributed by atoms with van der Waals surface area (Å²) in [5.41, 5.74) is 0.957. The van der Waals surface area contributed by atoms with Gasteiger partial charge in [-0.25, -0.2) is 0 Å². The van der Waals surface area contributed by atoms with Crippen molar-refractivity contribution in [2.75, 3.05) is 32.7 Å². The minimum absolute atomic E-state index is 0. The Labute approximate surface area is 176 Å². The second-order valence-corrected chi connectivity index (χ2v) is 8.52. The van der Waals surface area contributed by atoms with Gasteiger partial charge >= 0.3 is 0 Å². The maximum absolute atomic E-state index is 12.2. The van der Waals surface area contributed by atoms with Crippen LogP contribution >= 0.6 is 24.2 Å². The summed E-state index contributed by atoms with van der Waals surface area (Å²) >= 11 is 1.69. The average Bonchev–Trinajstić information content (AvgIpc) is 3.32. The van der Waals surface area contributed by atoms with Gasteiger partial charge in [0, 0.05) is 31.3 Å². The van der Waals surface area contributed by atoms with E-state index < -0.39 is 0 Å². The van der Waals surface area contributed by atoms with E-state index >= 15 is 0 Å². The highest BCUT2D eigenvalue weighted by atomic mass is 35.5. The monoisotopic (exact) mass is 422 g/mol. The molecule has 1 amide bonds. The van der Waals surface area contributed by atoms with Crippen LogP contribution in [0.4, 0.5) is 0 Å². The first-order valence-electron chi connectivity index (χ1n) is 9.80. The van der Waals surface area contributed by atoms with E-state index in [0.29, 0.717) is 6.42 Å². The number of nitrogens with zero attached hydrogens (tertiary/aromatic N) is 6. The van der Waals surface area contributed by atoms with Crippen molar-refractivity contribution in [3.05, 3.63) is 30.3 Å². The Bertz CT molecular complexity index is 752. The van der Waals surface area contributed by atoms with E-state index in [1.807, 2.05) is 35.2 Å². The lowest BCUT2D eigenvalue weighted by molar-refractivity contribution is -0.127. The lowest BCUT2D eigenvalue weighted by atomic mass is 10.1. The molecule has 2 saturated heterocycles. The van der Waals surface area contributed by atoms with E-state index in [1.165, 1.54) is 19.3 Å². The number of carbonyl (C=O) groups excluding carboxylic acids is 1. The van der Waals surface area contributed by atoms with Crippen LogP contribution in [0, 0.1) is 0 Å². The van der Waals surface area contributed by atoms with Crippen molar-refractivity contribution in [2.45, 2.75) is 42.5 Å². The summed E-state index contributed by atoms with van der Waals surface area (Å²) in [6.07, 6.45) is 5.51. The molecule has 9 heteroatoms. The highest BCUT2D eigenvalue weighted by molar-refractivity contribution is 7.99. The molecule has 3 heterocycles. The summed E-state index contributed by atoms with van der Waals surface area (Å²) in [5.74, 6) is 0.280. The van der Waals surface area contributed by atoms with E-state index in [1.54, 1.807) is 16.4 Å². The van der Waals surface area contributed by atoms with Crippen LogP contribution in [0.2, 0.25) is 0 Å². The minimum Gasteiger partial charge on any atom is -0.342 e. The first-order chi connectivity index (χ1) is 13.3. The molecule has 4 rings (SSSR count). The van der Waals surface area contributed by atoms with Gasteiger partial charge < -0.3 is 9.80 Å². The number of carbonyl (C=O) groups is 1. The Morgan fingerprint density at radius 1 is 1.00 bits per heavy atom. The van der Waals surface area contributed by atoms with Crippen molar-refractivity contribution in [2.24, 2.45) is 0 Å². The highest BCUT2D eigenvalue weighted by Gasteiger charge is 2.27. The van der Waals surface area contributed by atoms with Crippen LogP contribution < -0.4 is 0 Å². The quantitative estimate of drug-likeness (QED) is 0.639. The third-order valence-electron chi connectivity index (χ3n) is 5.22. The number of likely N-dealkylation sites (tertiary alicyclic amines) is 2. The Balaban J connectivity index is 0.00000225. The molecule has 2 aliphatic rings. The van der Waals surface area contributed by atoms with Crippen LogP contribution in [-0.4, -0.2) is 73.9 Å². The summed E-state index contributed by atoms with van der Waals surface area (Å²) < 4.78 is 1.79. The third kappa shape index (κ3) is 5.24. The first kappa shape index (κ1) is 21.1. The molecule has 2 aromatic rings. The molecule has 0 N–H and O–H groups in total. The third-order valence-corrected chi connectivity index (χ3v) is 6.32. The Kier molecular flexibility index (Phi) is 7.70. The number of piperidine rings is 1. The van der Waals surface area contributed by atoms with Crippen molar-refractivity contribution in [1.82, 2.24) is 30.0 Å². The predicted molar refractivity (Wildman–Crippen MR) is 112 cm³/mol. The van der Waals surface area contributed by atoms with E-state index in [4.69, 9.17) is 0 Å². The minimum atomic E-state index is 0. The largest absolute Gasteiger partial charge is 0.342 e. The molecule has 0 spiro atoms. The van der Waals surface area contributed by atoms with Crippen LogP contribution in [-0.2, 0) is 4.79 Å². The second kappa shape index (κ2) is 10.2. The molecule has 1 aromatic carbocycles. The number of benzene rings is 1. The van der Waals surface area contributed by atoms with Crippen LogP contribution in [0.15, 0.2) is 35.5 Å². The second-order valence-electron chi connectivity index (χ2n) is 7.25. The van der Waals surface area contributed by atoms with Crippen LogP contribution in [0.5, 0.6) is 0 Å². The Morgan fingerprint density at radius 3 is 2.50 bits per heavy atom. The number of para-hydroxylation sites is 1. The molecule has 0 bridgehead atoms.